The van der Waals surface area contributed by atoms with Crippen molar-refractivity contribution in [3.8, 4) is 0 Å². The summed E-state index contributed by atoms with van der Waals surface area (Å²) in [4.78, 5) is 16.2. The minimum absolute atomic E-state index is 0.219. The number of fused-ring (bicyclic) bond motifs is 1. The first-order chi connectivity index (χ1) is 9.78. The van der Waals surface area contributed by atoms with E-state index in [0.29, 0.717) is 11.3 Å². The number of carbonyl (C=O) groups is 1. The highest BCUT2D eigenvalue weighted by Gasteiger charge is 2.14. The van der Waals surface area contributed by atoms with E-state index in [1.165, 1.54) is 23.7 Å². The van der Waals surface area contributed by atoms with Crippen LogP contribution in [0.1, 0.15) is 27.9 Å². The molecule has 0 saturated carbocycles. The van der Waals surface area contributed by atoms with E-state index < -0.39 is 0 Å². The second kappa shape index (κ2) is 5.30. The summed E-state index contributed by atoms with van der Waals surface area (Å²) < 4.78 is 0. The van der Waals surface area contributed by atoms with Crippen molar-refractivity contribution in [3.05, 3.63) is 53.3 Å². The van der Waals surface area contributed by atoms with E-state index in [-0.39, 0.29) is 5.91 Å². The second-order valence-electron chi connectivity index (χ2n) is 4.86. The number of nitrogens with two attached hydrogens (primary N) is 1. The van der Waals surface area contributed by atoms with Crippen LogP contribution in [0, 0.1) is 0 Å². The lowest BCUT2D eigenvalue weighted by Gasteiger charge is -2.10. The molecule has 3 rings (SSSR count). The van der Waals surface area contributed by atoms with Crippen molar-refractivity contribution in [2.75, 3.05) is 10.7 Å². The summed E-state index contributed by atoms with van der Waals surface area (Å²) >= 11 is 0. The minimum Gasteiger partial charge on any atom is -0.323 e. The first-order valence-electron chi connectivity index (χ1n) is 6.62. The van der Waals surface area contributed by atoms with Crippen molar-refractivity contribution in [1.82, 2.24) is 4.98 Å². The van der Waals surface area contributed by atoms with Gasteiger partial charge in [0, 0.05) is 18.1 Å². The van der Waals surface area contributed by atoms with Crippen LogP contribution >= 0.6 is 0 Å². The van der Waals surface area contributed by atoms with Gasteiger partial charge in [-0.3, -0.25) is 15.6 Å². The number of hydrogen-bond acceptors (Lipinski definition) is 4. The molecule has 0 bridgehead atoms. The Morgan fingerprint density at radius 3 is 2.90 bits per heavy atom. The fourth-order valence-corrected chi connectivity index (χ4v) is 2.55. The summed E-state index contributed by atoms with van der Waals surface area (Å²) in [7, 11) is 0. The highest BCUT2D eigenvalue weighted by Crippen LogP contribution is 2.25. The molecule has 1 aromatic heterocycles. The SMILES string of the molecule is NNc1ccncc1C(=O)Nc1ccc2c(c1)CCC2. The number of aromatic nitrogens is 1. The third-order valence-electron chi connectivity index (χ3n) is 3.58. The van der Waals surface area contributed by atoms with Gasteiger partial charge in [0.25, 0.3) is 5.91 Å². The highest BCUT2D eigenvalue weighted by atomic mass is 16.1. The molecule has 0 radical (unpaired) electrons. The van der Waals surface area contributed by atoms with Crippen LogP contribution in [0.25, 0.3) is 0 Å². The molecule has 102 valence electrons. The maximum atomic E-state index is 12.2. The van der Waals surface area contributed by atoms with Crippen LogP contribution in [-0.2, 0) is 12.8 Å². The normalized spacial score (nSPS) is 12.8. The molecule has 0 unspecified atom stereocenters. The number of nitrogen functional groups attached to an aromatic ring is 1. The number of hydrogen-bond donors (Lipinski definition) is 3. The van der Waals surface area contributed by atoms with Gasteiger partial charge in [0.1, 0.15) is 0 Å². The Balaban J connectivity index is 1.82. The molecule has 0 aliphatic heterocycles. The van der Waals surface area contributed by atoms with Crippen LogP contribution in [0.15, 0.2) is 36.7 Å². The van der Waals surface area contributed by atoms with Gasteiger partial charge in [-0.2, -0.15) is 0 Å². The summed E-state index contributed by atoms with van der Waals surface area (Å²) in [5, 5.41) is 2.89. The Kier molecular flexibility index (Phi) is 3.35. The molecule has 1 amide bonds. The lowest BCUT2D eigenvalue weighted by molar-refractivity contribution is 0.102. The van der Waals surface area contributed by atoms with Crippen LogP contribution in [0.5, 0.6) is 0 Å². The van der Waals surface area contributed by atoms with E-state index in [2.05, 4.69) is 21.8 Å². The number of aryl methyl sites for hydroxylation is 2. The molecule has 0 saturated heterocycles. The molecule has 4 N–H and O–H groups in total. The topological polar surface area (TPSA) is 80.0 Å². The molecule has 20 heavy (non-hydrogen) atoms. The maximum absolute atomic E-state index is 12.2. The molecular weight excluding hydrogens is 252 g/mol. The number of pyridine rings is 1. The monoisotopic (exact) mass is 268 g/mol. The Morgan fingerprint density at radius 1 is 1.20 bits per heavy atom. The zero-order chi connectivity index (χ0) is 13.9. The number of hydrazine groups is 1. The van der Waals surface area contributed by atoms with E-state index in [9.17, 15) is 4.79 Å². The fraction of sp³-hybridized carbons (Fsp3) is 0.200. The highest BCUT2D eigenvalue weighted by molar-refractivity contribution is 6.07. The zero-order valence-corrected chi connectivity index (χ0v) is 11.0. The lowest BCUT2D eigenvalue weighted by atomic mass is 10.1. The Morgan fingerprint density at radius 2 is 2.05 bits per heavy atom. The Hall–Kier alpha value is -2.40. The number of benzene rings is 1. The average Bonchev–Trinajstić information content (AvgIpc) is 2.94. The smallest absolute Gasteiger partial charge is 0.259 e. The van der Waals surface area contributed by atoms with Gasteiger partial charge in [0.2, 0.25) is 0 Å². The van der Waals surface area contributed by atoms with E-state index in [1.807, 2.05) is 12.1 Å². The average molecular weight is 268 g/mol. The predicted octanol–water partition coefficient (Wildman–Crippen LogP) is 2.11. The van der Waals surface area contributed by atoms with E-state index in [0.717, 1.165) is 18.5 Å². The minimum atomic E-state index is -0.219. The third-order valence-corrected chi connectivity index (χ3v) is 3.58. The van der Waals surface area contributed by atoms with Crippen molar-refractivity contribution in [2.24, 2.45) is 5.84 Å². The number of amides is 1. The van der Waals surface area contributed by atoms with Crippen LogP contribution in [0.2, 0.25) is 0 Å². The molecule has 2 aromatic rings. The molecular formula is C15H16N4O. The molecule has 0 fully saturated rings. The summed E-state index contributed by atoms with van der Waals surface area (Å²) in [5.41, 5.74) is 7.00. The van der Waals surface area contributed by atoms with E-state index in [4.69, 9.17) is 5.84 Å². The Bertz CT molecular complexity index is 654. The zero-order valence-electron chi connectivity index (χ0n) is 11.0. The standard InChI is InChI=1S/C15H16N4O/c16-19-14-6-7-17-9-13(14)15(20)18-12-5-4-10-2-1-3-11(10)8-12/h4-9H,1-3,16H2,(H,17,19)(H,18,20). The first kappa shape index (κ1) is 12.6. The summed E-state index contributed by atoms with van der Waals surface area (Å²) in [6.45, 7) is 0. The van der Waals surface area contributed by atoms with Crippen LogP contribution < -0.4 is 16.6 Å². The number of nitrogens with zero attached hydrogens (tertiary/aromatic N) is 1. The fourth-order valence-electron chi connectivity index (χ4n) is 2.55. The number of nitrogens with one attached hydrogen (secondary N) is 2. The molecule has 1 heterocycles. The van der Waals surface area contributed by atoms with Crippen molar-refractivity contribution in [1.29, 1.82) is 0 Å². The molecule has 5 heteroatoms. The molecule has 1 aliphatic rings. The van der Waals surface area contributed by atoms with Crippen LogP contribution in [0.4, 0.5) is 11.4 Å². The summed E-state index contributed by atoms with van der Waals surface area (Å²) in [5.74, 6) is 5.18. The van der Waals surface area contributed by atoms with Gasteiger partial charge in [-0.15, -0.1) is 0 Å². The molecule has 1 aromatic carbocycles. The van der Waals surface area contributed by atoms with Gasteiger partial charge < -0.3 is 10.7 Å². The van der Waals surface area contributed by atoms with Crippen molar-refractivity contribution < 1.29 is 4.79 Å². The molecule has 1 aliphatic carbocycles. The molecule has 0 spiro atoms. The Labute approximate surface area is 117 Å². The number of anilines is 2. The van der Waals surface area contributed by atoms with Crippen molar-refractivity contribution in [2.45, 2.75) is 19.3 Å². The molecule has 5 nitrogen and oxygen atoms in total. The van der Waals surface area contributed by atoms with Gasteiger partial charge in [-0.1, -0.05) is 6.07 Å². The summed E-state index contributed by atoms with van der Waals surface area (Å²) in [6, 6.07) is 7.74. The summed E-state index contributed by atoms with van der Waals surface area (Å²) in [6.07, 6.45) is 6.49. The lowest BCUT2D eigenvalue weighted by Crippen LogP contribution is -2.17. The van der Waals surface area contributed by atoms with Crippen LogP contribution in [0.3, 0.4) is 0 Å². The number of rotatable bonds is 3. The van der Waals surface area contributed by atoms with Gasteiger partial charge >= 0.3 is 0 Å². The van der Waals surface area contributed by atoms with Crippen molar-refractivity contribution >= 4 is 17.3 Å². The third kappa shape index (κ3) is 2.35. The van der Waals surface area contributed by atoms with Crippen molar-refractivity contribution in [3.63, 3.8) is 0 Å². The molecule has 0 atom stereocenters. The van der Waals surface area contributed by atoms with Gasteiger partial charge in [0.05, 0.1) is 11.3 Å². The quantitative estimate of drug-likeness (QED) is 0.588. The largest absolute Gasteiger partial charge is 0.323 e. The predicted molar refractivity (Wildman–Crippen MR) is 78.5 cm³/mol. The second-order valence-corrected chi connectivity index (χ2v) is 4.86. The van der Waals surface area contributed by atoms with E-state index >= 15 is 0 Å². The van der Waals surface area contributed by atoms with Crippen LogP contribution in [-0.4, -0.2) is 10.9 Å². The van der Waals surface area contributed by atoms with E-state index in [1.54, 1.807) is 12.3 Å². The maximum Gasteiger partial charge on any atom is 0.259 e. The van der Waals surface area contributed by atoms with Gasteiger partial charge in [0.15, 0.2) is 0 Å². The first-order valence-corrected chi connectivity index (χ1v) is 6.62. The van der Waals surface area contributed by atoms with Gasteiger partial charge in [-0.05, 0) is 48.6 Å². The van der Waals surface area contributed by atoms with Gasteiger partial charge in [-0.25, -0.2) is 0 Å². The number of carbonyl (C=O) groups excluding carboxylic acids is 1.